The first-order valence-electron chi connectivity index (χ1n) is 12.5. The van der Waals surface area contributed by atoms with Gasteiger partial charge in [-0.25, -0.2) is 8.42 Å². The van der Waals surface area contributed by atoms with Crippen LogP contribution in [0.3, 0.4) is 0 Å². The molecule has 4 aliphatic heterocycles. The Morgan fingerprint density at radius 2 is 1.58 bits per heavy atom. The van der Waals surface area contributed by atoms with Crippen LogP contribution in [0.25, 0.3) is 0 Å². The Bertz CT molecular complexity index is 1440. The maximum atomic E-state index is 13.6. The SMILES string of the molecule is CC(=O)NC(C(=O)N1CC2=C(C1)CN(S(=O)(=O)c1ccc3c(c1)OCCO3)C2)c1ccc2c(c1)NCCO2. The molecule has 2 amide bonds. The molecule has 2 N–H and O–H groups in total. The van der Waals surface area contributed by atoms with E-state index in [2.05, 4.69) is 10.6 Å². The fraction of sp³-hybridized carbons (Fsp3) is 0.385. The molecule has 0 radical (unpaired) electrons. The second-order valence-electron chi connectivity index (χ2n) is 9.64. The number of benzene rings is 2. The van der Waals surface area contributed by atoms with Gasteiger partial charge in [-0.3, -0.25) is 9.59 Å². The zero-order valence-electron chi connectivity index (χ0n) is 20.9. The number of anilines is 1. The number of nitrogens with one attached hydrogen (secondary N) is 2. The molecule has 0 bridgehead atoms. The van der Waals surface area contributed by atoms with Crippen molar-refractivity contribution < 1.29 is 32.2 Å². The number of carbonyl (C=O) groups excluding carboxylic acids is 2. The normalized spacial score (nSPS) is 19.2. The summed E-state index contributed by atoms with van der Waals surface area (Å²) in [7, 11) is -3.76. The lowest BCUT2D eigenvalue weighted by molar-refractivity contribution is -0.135. The molecule has 0 saturated heterocycles. The van der Waals surface area contributed by atoms with Gasteiger partial charge in [-0.2, -0.15) is 4.31 Å². The molecule has 0 aromatic heterocycles. The van der Waals surface area contributed by atoms with Crippen LogP contribution in [-0.4, -0.2) is 82.0 Å². The van der Waals surface area contributed by atoms with Crippen LogP contribution in [0.15, 0.2) is 52.4 Å². The molecule has 2 aromatic rings. The van der Waals surface area contributed by atoms with E-state index in [1.165, 1.54) is 23.4 Å². The fourth-order valence-corrected chi connectivity index (χ4v) is 6.66. The van der Waals surface area contributed by atoms with Crippen LogP contribution in [0.4, 0.5) is 5.69 Å². The number of hydrogen-bond acceptors (Lipinski definition) is 8. The fourth-order valence-electron chi connectivity index (χ4n) is 5.22. The zero-order chi connectivity index (χ0) is 26.4. The molecule has 2 aromatic carbocycles. The molecule has 0 fully saturated rings. The first-order chi connectivity index (χ1) is 18.3. The molecule has 200 valence electrons. The predicted octanol–water partition coefficient (Wildman–Crippen LogP) is 1.28. The van der Waals surface area contributed by atoms with Crippen LogP contribution < -0.4 is 24.8 Å². The molecule has 0 spiro atoms. The summed E-state index contributed by atoms with van der Waals surface area (Å²) in [5.41, 5.74) is 3.24. The van der Waals surface area contributed by atoms with Crippen LogP contribution >= 0.6 is 0 Å². The Balaban J connectivity index is 1.16. The van der Waals surface area contributed by atoms with E-state index in [0.29, 0.717) is 62.3 Å². The molecule has 6 rings (SSSR count). The number of ether oxygens (including phenoxy) is 3. The van der Waals surface area contributed by atoms with Crippen molar-refractivity contribution in [2.24, 2.45) is 0 Å². The highest BCUT2D eigenvalue weighted by Gasteiger charge is 2.40. The Kier molecular flexibility index (Phi) is 6.15. The number of hydrogen-bond donors (Lipinski definition) is 2. The van der Waals surface area contributed by atoms with E-state index in [-0.39, 0.29) is 29.8 Å². The third-order valence-corrected chi connectivity index (χ3v) is 8.86. The Morgan fingerprint density at radius 1 is 0.895 bits per heavy atom. The van der Waals surface area contributed by atoms with Crippen LogP contribution in [0.5, 0.6) is 17.2 Å². The average Bonchev–Trinajstić information content (AvgIpc) is 3.51. The molecular weight excluding hydrogens is 512 g/mol. The van der Waals surface area contributed by atoms with E-state index < -0.39 is 16.1 Å². The van der Waals surface area contributed by atoms with E-state index >= 15 is 0 Å². The zero-order valence-corrected chi connectivity index (χ0v) is 21.7. The van der Waals surface area contributed by atoms with Crippen LogP contribution in [0.1, 0.15) is 18.5 Å². The van der Waals surface area contributed by atoms with Crippen molar-refractivity contribution in [3.63, 3.8) is 0 Å². The summed E-state index contributed by atoms with van der Waals surface area (Å²) in [6, 6.07) is 9.18. The first kappa shape index (κ1) is 24.6. The van der Waals surface area contributed by atoms with Crippen molar-refractivity contribution in [1.82, 2.24) is 14.5 Å². The number of fused-ring (bicyclic) bond motifs is 2. The lowest BCUT2D eigenvalue weighted by Crippen LogP contribution is -2.43. The van der Waals surface area contributed by atoms with Crippen LogP contribution in [-0.2, 0) is 19.6 Å². The highest BCUT2D eigenvalue weighted by Crippen LogP contribution is 2.36. The van der Waals surface area contributed by atoms with Gasteiger partial charge in [0.2, 0.25) is 21.8 Å². The monoisotopic (exact) mass is 540 g/mol. The summed E-state index contributed by atoms with van der Waals surface area (Å²) < 4.78 is 44.8. The molecule has 38 heavy (non-hydrogen) atoms. The first-order valence-corrected chi connectivity index (χ1v) is 13.9. The Morgan fingerprint density at radius 3 is 2.32 bits per heavy atom. The maximum Gasteiger partial charge on any atom is 0.250 e. The third-order valence-electron chi connectivity index (χ3n) is 7.07. The second-order valence-corrected chi connectivity index (χ2v) is 11.6. The van der Waals surface area contributed by atoms with Crippen molar-refractivity contribution in [1.29, 1.82) is 0 Å². The quantitative estimate of drug-likeness (QED) is 0.544. The van der Waals surface area contributed by atoms with Crippen molar-refractivity contribution in [3.8, 4) is 17.2 Å². The average molecular weight is 541 g/mol. The minimum Gasteiger partial charge on any atom is -0.490 e. The number of rotatable bonds is 5. The summed E-state index contributed by atoms with van der Waals surface area (Å²) in [6.45, 7) is 4.43. The lowest BCUT2D eigenvalue weighted by Gasteiger charge is -2.28. The van der Waals surface area contributed by atoms with Gasteiger partial charge in [0.1, 0.15) is 31.6 Å². The largest absolute Gasteiger partial charge is 0.490 e. The lowest BCUT2D eigenvalue weighted by atomic mass is 10.0. The Hall–Kier alpha value is -3.77. The van der Waals surface area contributed by atoms with Gasteiger partial charge < -0.3 is 29.7 Å². The molecule has 0 saturated carbocycles. The van der Waals surface area contributed by atoms with Crippen molar-refractivity contribution in [3.05, 3.63) is 53.1 Å². The standard InChI is InChI=1S/C26H28N4O7S/c1-16(31)28-25(17-2-4-22-21(10-17)27-6-7-35-22)26(32)29-12-18-14-30(15-19(18)13-29)38(33,34)20-3-5-23-24(11-20)37-9-8-36-23/h2-5,10-11,25,27H,6-9,12-15H2,1H3,(H,28,31). The highest BCUT2D eigenvalue weighted by atomic mass is 32.2. The van der Waals surface area contributed by atoms with Gasteiger partial charge in [-0.05, 0) is 41.0 Å². The van der Waals surface area contributed by atoms with Crippen LogP contribution in [0, 0.1) is 0 Å². The summed E-state index contributed by atoms with van der Waals surface area (Å²) in [6.07, 6.45) is 0. The minimum atomic E-state index is -3.76. The van der Waals surface area contributed by atoms with Gasteiger partial charge in [-0.15, -0.1) is 0 Å². The van der Waals surface area contributed by atoms with E-state index in [1.54, 1.807) is 23.1 Å². The molecule has 4 aliphatic rings. The number of carbonyl (C=O) groups is 2. The summed E-state index contributed by atoms with van der Waals surface area (Å²) in [5, 5.41) is 6.03. The number of nitrogens with zero attached hydrogens (tertiary/aromatic N) is 2. The van der Waals surface area contributed by atoms with Gasteiger partial charge >= 0.3 is 0 Å². The van der Waals surface area contributed by atoms with E-state index in [4.69, 9.17) is 14.2 Å². The molecular formula is C26H28N4O7S. The smallest absolute Gasteiger partial charge is 0.250 e. The molecule has 1 unspecified atom stereocenters. The molecule has 11 nitrogen and oxygen atoms in total. The third kappa shape index (κ3) is 4.43. The maximum absolute atomic E-state index is 13.6. The summed E-state index contributed by atoms with van der Waals surface area (Å²) in [4.78, 5) is 27.4. The number of sulfonamides is 1. The van der Waals surface area contributed by atoms with Gasteiger partial charge in [-0.1, -0.05) is 6.07 Å². The molecule has 0 aliphatic carbocycles. The van der Waals surface area contributed by atoms with Gasteiger partial charge in [0, 0.05) is 45.7 Å². The van der Waals surface area contributed by atoms with Crippen molar-refractivity contribution in [2.75, 3.05) is 57.9 Å². The molecule has 4 heterocycles. The van der Waals surface area contributed by atoms with Gasteiger partial charge in [0.25, 0.3) is 0 Å². The molecule has 12 heteroatoms. The molecule has 1 atom stereocenters. The topological polar surface area (TPSA) is 127 Å². The van der Waals surface area contributed by atoms with Crippen molar-refractivity contribution in [2.45, 2.75) is 17.9 Å². The summed E-state index contributed by atoms with van der Waals surface area (Å²) in [5.74, 6) is 1.09. The Labute approximate surface area is 220 Å². The van der Waals surface area contributed by atoms with E-state index in [9.17, 15) is 18.0 Å². The van der Waals surface area contributed by atoms with E-state index in [0.717, 1.165) is 16.8 Å². The highest BCUT2D eigenvalue weighted by molar-refractivity contribution is 7.89. The van der Waals surface area contributed by atoms with Crippen molar-refractivity contribution >= 4 is 27.5 Å². The van der Waals surface area contributed by atoms with Gasteiger partial charge in [0.05, 0.1) is 10.6 Å². The predicted molar refractivity (Wildman–Crippen MR) is 137 cm³/mol. The summed E-state index contributed by atoms with van der Waals surface area (Å²) >= 11 is 0. The number of amides is 2. The minimum absolute atomic E-state index is 0.145. The van der Waals surface area contributed by atoms with E-state index in [1.807, 2.05) is 6.07 Å². The second kappa shape index (κ2) is 9.52. The van der Waals surface area contributed by atoms with Gasteiger partial charge in [0.15, 0.2) is 11.5 Å². The van der Waals surface area contributed by atoms with Crippen LogP contribution in [0.2, 0.25) is 0 Å².